The standard InChI is InChI=1S/C38H75NO5/c1-5-6-7-8-9-17-24-33-43-37(41)28-21-13-10-15-22-29-39(31-32-40)30-23-16-14-20-27-36(4)38(42)44-34-25-18-11-12-19-26-35(2)3/h35-36,40H,5-34H2,1-4H3. The number of rotatable bonds is 34. The van der Waals surface area contributed by atoms with Gasteiger partial charge in [0, 0.05) is 13.0 Å². The molecule has 44 heavy (non-hydrogen) atoms. The predicted molar refractivity (Wildman–Crippen MR) is 186 cm³/mol. The molecule has 0 aromatic heterocycles. The first-order valence-electron chi connectivity index (χ1n) is 19.1. The van der Waals surface area contributed by atoms with Crippen LogP contribution in [0.2, 0.25) is 0 Å². The minimum atomic E-state index is -0.0342. The summed E-state index contributed by atoms with van der Waals surface area (Å²) in [5.74, 6) is 0.725. The summed E-state index contributed by atoms with van der Waals surface area (Å²) in [7, 11) is 0. The Balaban J connectivity index is 3.65. The highest BCUT2D eigenvalue weighted by Gasteiger charge is 2.14. The summed E-state index contributed by atoms with van der Waals surface area (Å²) < 4.78 is 10.9. The third-order valence-electron chi connectivity index (χ3n) is 8.72. The lowest BCUT2D eigenvalue weighted by Crippen LogP contribution is -2.29. The molecule has 0 fully saturated rings. The maximum Gasteiger partial charge on any atom is 0.308 e. The van der Waals surface area contributed by atoms with E-state index < -0.39 is 0 Å². The zero-order chi connectivity index (χ0) is 32.5. The molecule has 1 atom stereocenters. The van der Waals surface area contributed by atoms with E-state index in [2.05, 4.69) is 25.7 Å². The van der Waals surface area contributed by atoms with Gasteiger partial charge in [-0.25, -0.2) is 0 Å². The third kappa shape index (κ3) is 30.9. The van der Waals surface area contributed by atoms with Crippen LogP contribution in [0.25, 0.3) is 0 Å². The van der Waals surface area contributed by atoms with Crippen LogP contribution >= 0.6 is 0 Å². The lowest BCUT2D eigenvalue weighted by molar-refractivity contribution is -0.148. The molecule has 262 valence electrons. The van der Waals surface area contributed by atoms with Crippen molar-refractivity contribution >= 4 is 11.9 Å². The molecule has 0 aromatic rings. The molecule has 1 N–H and O–H groups in total. The van der Waals surface area contributed by atoms with Gasteiger partial charge in [0.2, 0.25) is 0 Å². The smallest absolute Gasteiger partial charge is 0.308 e. The molecule has 0 saturated carbocycles. The highest BCUT2D eigenvalue weighted by Crippen LogP contribution is 2.15. The van der Waals surface area contributed by atoms with Crippen LogP contribution in [0, 0.1) is 11.8 Å². The lowest BCUT2D eigenvalue weighted by Gasteiger charge is -2.21. The van der Waals surface area contributed by atoms with Crippen molar-refractivity contribution in [3.05, 3.63) is 0 Å². The zero-order valence-corrected chi connectivity index (χ0v) is 29.9. The largest absolute Gasteiger partial charge is 0.466 e. The Bertz CT molecular complexity index is 626. The Morgan fingerprint density at radius 1 is 0.568 bits per heavy atom. The van der Waals surface area contributed by atoms with Gasteiger partial charge in [0.05, 0.1) is 25.7 Å². The first kappa shape index (κ1) is 42.9. The van der Waals surface area contributed by atoms with Crippen LogP contribution in [0.5, 0.6) is 0 Å². The number of ether oxygens (including phenoxy) is 2. The van der Waals surface area contributed by atoms with E-state index in [1.165, 1.54) is 70.6 Å². The molecule has 6 heteroatoms. The molecule has 0 bridgehead atoms. The highest BCUT2D eigenvalue weighted by molar-refractivity contribution is 5.71. The molecule has 0 aliphatic heterocycles. The summed E-state index contributed by atoms with van der Waals surface area (Å²) in [4.78, 5) is 26.6. The number of nitrogens with zero attached hydrogens (tertiary/aromatic N) is 1. The molecule has 0 aliphatic rings. The van der Waals surface area contributed by atoms with Crippen molar-refractivity contribution in [3.63, 3.8) is 0 Å². The molecule has 0 heterocycles. The number of carbonyl (C=O) groups excluding carboxylic acids is 2. The minimum absolute atomic E-state index is 0.00696. The Morgan fingerprint density at radius 2 is 1.05 bits per heavy atom. The van der Waals surface area contributed by atoms with Crippen LogP contribution < -0.4 is 0 Å². The number of esters is 2. The number of hydrogen-bond acceptors (Lipinski definition) is 6. The van der Waals surface area contributed by atoms with Crippen molar-refractivity contribution in [1.82, 2.24) is 4.90 Å². The topological polar surface area (TPSA) is 76.1 Å². The maximum absolute atomic E-state index is 12.3. The van der Waals surface area contributed by atoms with Crippen LogP contribution in [-0.2, 0) is 19.1 Å². The van der Waals surface area contributed by atoms with Crippen LogP contribution in [0.4, 0.5) is 0 Å². The average molecular weight is 626 g/mol. The summed E-state index contributed by atoms with van der Waals surface area (Å²) in [5, 5.41) is 9.46. The summed E-state index contributed by atoms with van der Waals surface area (Å²) in [6.07, 6.45) is 27.4. The van der Waals surface area contributed by atoms with Gasteiger partial charge in [0.25, 0.3) is 0 Å². The SMILES string of the molecule is CCCCCCCCCOC(=O)CCCCCCCN(CCO)CCCCCCC(C)C(=O)OCCCCCCCC(C)C. The zero-order valence-electron chi connectivity index (χ0n) is 29.9. The second-order valence-corrected chi connectivity index (χ2v) is 13.6. The summed E-state index contributed by atoms with van der Waals surface area (Å²) in [5.41, 5.74) is 0. The van der Waals surface area contributed by atoms with Gasteiger partial charge < -0.3 is 19.5 Å². The number of unbranched alkanes of at least 4 members (excludes halogenated alkanes) is 17. The van der Waals surface area contributed by atoms with E-state index in [1.807, 2.05) is 6.92 Å². The summed E-state index contributed by atoms with van der Waals surface area (Å²) in [6.45, 7) is 13.0. The van der Waals surface area contributed by atoms with Crippen molar-refractivity contribution in [3.8, 4) is 0 Å². The molecular weight excluding hydrogens is 550 g/mol. The van der Waals surface area contributed by atoms with Gasteiger partial charge in [0.1, 0.15) is 0 Å². The summed E-state index contributed by atoms with van der Waals surface area (Å²) >= 11 is 0. The number of aliphatic hydroxyl groups excluding tert-OH is 1. The van der Waals surface area contributed by atoms with Crippen LogP contribution in [0.3, 0.4) is 0 Å². The number of hydrogen-bond donors (Lipinski definition) is 1. The summed E-state index contributed by atoms with van der Waals surface area (Å²) in [6, 6.07) is 0. The molecule has 0 spiro atoms. The fraction of sp³-hybridized carbons (Fsp3) is 0.947. The van der Waals surface area contributed by atoms with Crippen molar-refractivity contribution < 1.29 is 24.2 Å². The molecule has 0 rings (SSSR count). The average Bonchev–Trinajstić information content (AvgIpc) is 3.00. The second kappa shape index (κ2) is 33.2. The second-order valence-electron chi connectivity index (χ2n) is 13.6. The first-order valence-corrected chi connectivity index (χ1v) is 19.1. The van der Waals surface area contributed by atoms with Gasteiger partial charge in [-0.2, -0.15) is 0 Å². The highest BCUT2D eigenvalue weighted by atomic mass is 16.5. The van der Waals surface area contributed by atoms with E-state index in [-0.39, 0.29) is 24.5 Å². The van der Waals surface area contributed by atoms with Gasteiger partial charge in [-0.1, -0.05) is 137 Å². The Hall–Kier alpha value is -1.14. The molecule has 0 aromatic carbocycles. The van der Waals surface area contributed by atoms with Crippen LogP contribution in [-0.4, -0.2) is 61.4 Å². The Labute approximate surface area is 273 Å². The predicted octanol–water partition coefficient (Wildman–Crippen LogP) is 10.0. The van der Waals surface area contributed by atoms with E-state index in [0.29, 0.717) is 19.6 Å². The Kier molecular flexibility index (Phi) is 32.4. The van der Waals surface area contributed by atoms with Crippen LogP contribution in [0.15, 0.2) is 0 Å². The van der Waals surface area contributed by atoms with Crippen molar-refractivity contribution in [1.29, 1.82) is 0 Å². The Morgan fingerprint density at radius 3 is 1.61 bits per heavy atom. The van der Waals surface area contributed by atoms with Crippen molar-refractivity contribution in [2.24, 2.45) is 11.8 Å². The monoisotopic (exact) mass is 626 g/mol. The van der Waals surface area contributed by atoms with E-state index in [0.717, 1.165) is 103 Å². The van der Waals surface area contributed by atoms with E-state index in [1.54, 1.807) is 0 Å². The van der Waals surface area contributed by atoms with Gasteiger partial charge in [-0.05, 0) is 57.5 Å². The quantitative estimate of drug-likeness (QED) is 0.0566. The third-order valence-corrected chi connectivity index (χ3v) is 8.72. The van der Waals surface area contributed by atoms with E-state index >= 15 is 0 Å². The normalized spacial score (nSPS) is 12.2. The van der Waals surface area contributed by atoms with Crippen LogP contribution in [0.1, 0.15) is 182 Å². The fourth-order valence-electron chi connectivity index (χ4n) is 5.69. The number of aliphatic hydroxyl groups is 1. The van der Waals surface area contributed by atoms with Crippen molar-refractivity contribution in [2.45, 2.75) is 182 Å². The molecule has 0 aliphatic carbocycles. The lowest BCUT2D eigenvalue weighted by atomic mass is 10.0. The molecule has 6 nitrogen and oxygen atoms in total. The maximum atomic E-state index is 12.3. The molecular formula is C38H75NO5. The minimum Gasteiger partial charge on any atom is -0.466 e. The first-order chi connectivity index (χ1) is 21.4. The fourth-order valence-corrected chi connectivity index (χ4v) is 5.69. The number of carbonyl (C=O) groups is 2. The molecule has 0 saturated heterocycles. The van der Waals surface area contributed by atoms with Crippen molar-refractivity contribution in [2.75, 3.05) is 39.5 Å². The van der Waals surface area contributed by atoms with Gasteiger partial charge in [-0.15, -0.1) is 0 Å². The van der Waals surface area contributed by atoms with Gasteiger partial charge in [-0.3, -0.25) is 9.59 Å². The van der Waals surface area contributed by atoms with E-state index in [4.69, 9.17) is 9.47 Å². The molecule has 0 amide bonds. The molecule has 1 unspecified atom stereocenters. The van der Waals surface area contributed by atoms with E-state index in [9.17, 15) is 14.7 Å². The molecule has 0 radical (unpaired) electrons. The van der Waals surface area contributed by atoms with Gasteiger partial charge >= 0.3 is 11.9 Å². The van der Waals surface area contributed by atoms with Gasteiger partial charge in [0.15, 0.2) is 0 Å².